The third kappa shape index (κ3) is 2.99. The molecule has 0 fully saturated rings. The fourth-order valence-electron chi connectivity index (χ4n) is 3.73. The molecule has 0 heterocycles. The van der Waals surface area contributed by atoms with Crippen LogP contribution in [0.2, 0.25) is 0 Å². The van der Waals surface area contributed by atoms with Gasteiger partial charge in [0.15, 0.2) is 5.78 Å². The SMILES string of the molecule is NC1=C(c2cccc(C(F)(F)F)c2)C(=O)C(c2cccc3ccccc23)C1. The van der Waals surface area contributed by atoms with E-state index in [4.69, 9.17) is 5.73 Å². The van der Waals surface area contributed by atoms with Gasteiger partial charge in [-0.1, -0.05) is 54.6 Å². The van der Waals surface area contributed by atoms with Crippen molar-refractivity contribution in [3.63, 3.8) is 0 Å². The Hall–Kier alpha value is -3.08. The normalized spacial score (nSPS) is 17.7. The van der Waals surface area contributed by atoms with E-state index in [1.54, 1.807) is 0 Å². The zero-order chi connectivity index (χ0) is 19.2. The third-order valence-corrected chi connectivity index (χ3v) is 4.99. The molecule has 5 heteroatoms. The average Bonchev–Trinajstić information content (AvgIpc) is 2.95. The van der Waals surface area contributed by atoms with Crippen molar-refractivity contribution >= 4 is 22.1 Å². The number of halogens is 3. The lowest BCUT2D eigenvalue weighted by Gasteiger charge is -2.13. The summed E-state index contributed by atoms with van der Waals surface area (Å²) in [6.45, 7) is 0. The topological polar surface area (TPSA) is 43.1 Å². The van der Waals surface area contributed by atoms with Gasteiger partial charge in [0, 0.05) is 17.7 Å². The molecule has 2 N–H and O–H groups in total. The van der Waals surface area contributed by atoms with Crippen molar-refractivity contribution < 1.29 is 18.0 Å². The smallest absolute Gasteiger partial charge is 0.401 e. The predicted octanol–water partition coefficient (Wildman–Crippen LogP) is 5.29. The zero-order valence-electron chi connectivity index (χ0n) is 14.3. The molecule has 0 aliphatic heterocycles. The highest BCUT2D eigenvalue weighted by atomic mass is 19.4. The largest absolute Gasteiger partial charge is 0.416 e. The molecule has 1 aliphatic rings. The van der Waals surface area contributed by atoms with Gasteiger partial charge in [0.1, 0.15) is 0 Å². The van der Waals surface area contributed by atoms with E-state index in [2.05, 4.69) is 0 Å². The molecule has 0 aromatic heterocycles. The predicted molar refractivity (Wildman–Crippen MR) is 98.9 cm³/mol. The second-order valence-electron chi connectivity index (χ2n) is 6.67. The number of hydrogen-bond donors (Lipinski definition) is 1. The lowest BCUT2D eigenvalue weighted by atomic mass is 9.89. The minimum Gasteiger partial charge on any atom is -0.401 e. The van der Waals surface area contributed by atoms with E-state index in [0.717, 1.165) is 28.5 Å². The van der Waals surface area contributed by atoms with E-state index in [0.29, 0.717) is 12.1 Å². The highest BCUT2D eigenvalue weighted by Crippen LogP contribution is 2.41. The third-order valence-electron chi connectivity index (χ3n) is 4.99. The van der Waals surface area contributed by atoms with Crippen LogP contribution in [0, 0.1) is 0 Å². The zero-order valence-corrected chi connectivity index (χ0v) is 14.3. The minimum atomic E-state index is -4.47. The monoisotopic (exact) mass is 367 g/mol. The number of hydrogen-bond acceptors (Lipinski definition) is 2. The van der Waals surface area contributed by atoms with Crippen molar-refractivity contribution in [3.8, 4) is 0 Å². The number of carbonyl (C=O) groups excluding carboxylic acids is 1. The number of Topliss-reactive ketones (excluding diaryl/α,β-unsaturated/α-hetero) is 1. The standard InChI is InChI=1S/C22H16F3NO/c23-22(24,25)15-8-3-7-14(11-15)20-19(26)12-18(21(20)27)17-10-4-6-13-5-1-2-9-16(13)17/h1-11,18H,12,26H2. The number of ketones is 1. The van der Waals surface area contributed by atoms with Crippen LogP contribution >= 0.6 is 0 Å². The Labute approximate surface area is 154 Å². The summed E-state index contributed by atoms with van der Waals surface area (Å²) in [7, 11) is 0. The van der Waals surface area contributed by atoms with Gasteiger partial charge in [-0.05, 0) is 34.0 Å². The molecule has 27 heavy (non-hydrogen) atoms. The van der Waals surface area contributed by atoms with Crippen LogP contribution in [0.15, 0.2) is 72.4 Å². The number of fused-ring (bicyclic) bond motifs is 1. The number of allylic oxidation sites excluding steroid dienone is 2. The first-order valence-electron chi connectivity index (χ1n) is 8.54. The number of rotatable bonds is 2. The summed E-state index contributed by atoms with van der Waals surface area (Å²) in [5.74, 6) is -0.719. The molecular weight excluding hydrogens is 351 g/mol. The molecule has 1 atom stereocenters. The van der Waals surface area contributed by atoms with Gasteiger partial charge in [-0.25, -0.2) is 0 Å². The van der Waals surface area contributed by atoms with Crippen LogP contribution in [0.4, 0.5) is 13.2 Å². The number of nitrogens with two attached hydrogens (primary N) is 1. The van der Waals surface area contributed by atoms with Crippen molar-refractivity contribution in [2.24, 2.45) is 5.73 Å². The first-order chi connectivity index (χ1) is 12.9. The van der Waals surface area contributed by atoms with Crippen molar-refractivity contribution in [3.05, 3.63) is 89.1 Å². The van der Waals surface area contributed by atoms with Gasteiger partial charge in [-0.2, -0.15) is 13.2 Å². The molecule has 4 rings (SSSR count). The number of alkyl halides is 3. The van der Waals surface area contributed by atoms with Crippen molar-refractivity contribution in [2.45, 2.75) is 18.5 Å². The molecule has 0 amide bonds. The maximum absolute atomic E-state index is 13.1. The van der Waals surface area contributed by atoms with Crippen LogP contribution in [0.1, 0.15) is 29.0 Å². The molecule has 1 aliphatic carbocycles. The van der Waals surface area contributed by atoms with Gasteiger partial charge < -0.3 is 5.73 Å². The van der Waals surface area contributed by atoms with Gasteiger partial charge in [0.2, 0.25) is 0 Å². The molecule has 0 spiro atoms. The second-order valence-corrected chi connectivity index (χ2v) is 6.67. The summed E-state index contributed by atoms with van der Waals surface area (Å²) >= 11 is 0. The molecule has 1 unspecified atom stereocenters. The molecule has 3 aromatic carbocycles. The molecule has 136 valence electrons. The molecular formula is C22H16F3NO. The minimum absolute atomic E-state index is 0.194. The highest BCUT2D eigenvalue weighted by molar-refractivity contribution is 6.27. The van der Waals surface area contributed by atoms with Crippen LogP contribution in [-0.2, 0) is 11.0 Å². The second kappa shape index (κ2) is 6.27. The van der Waals surface area contributed by atoms with E-state index < -0.39 is 17.7 Å². The van der Waals surface area contributed by atoms with Crippen LogP contribution in [-0.4, -0.2) is 5.78 Å². The van der Waals surface area contributed by atoms with Crippen LogP contribution in [0.3, 0.4) is 0 Å². The summed E-state index contributed by atoms with van der Waals surface area (Å²) in [6, 6.07) is 18.2. The maximum atomic E-state index is 13.1. The molecule has 2 nitrogen and oxygen atoms in total. The van der Waals surface area contributed by atoms with Gasteiger partial charge in [0.25, 0.3) is 0 Å². The van der Waals surface area contributed by atoms with Crippen LogP contribution in [0.25, 0.3) is 16.3 Å². The average molecular weight is 367 g/mol. The summed E-state index contributed by atoms with van der Waals surface area (Å²) in [5, 5.41) is 1.96. The fraction of sp³-hybridized carbons (Fsp3) is 0.136. The Morgan fingerprint density at radius 2 is 1.63 bits per heavy atom. The van der Waals surface area contributed by atoms with E-state index in [-0.39, 0.29) is 16.9 Å². The van der Waals surface area contributed by atoms with E-state index in [1.807, 2.05) is 42.5 Å². The van der Waals surface area contributed by atoms with Crippen molar-refractivity contribution in [1.29, 1.82) is 0 Å². The molecule has 0 saturated carbocycles. The van der Waals surface area contributed by atoms with Gasteiger partial charge >= 0.3 is 6.18 Å². The van der Waals surface area contributed by atoms with Gasteiger partial charge in [0.05, 0.1) is 11.5 Å². The highest BCUT2D eigenvalue weighted by Gasteiger charge is 2.36. The summed E-state index contributed by atoms with van der Waals surface area (Å²) in [5.41, 5.74) is 6.91. The Kier molecular flexibility index (Phi) is 4.02. The van der Waals surface area contributed by atoms with E-state index in [9.17, 15) is 18.0 Å². The van der Waals surface area contributed by atoms with Crippen molar-refractivity contribution in [2.75, 3.05) is 0 Å². The lowest BCUT2D eigenvalue weighted by molar-refractivity contribution is -0.137. The number of benzene rings is 3. The van der Waals surface area contributed by atoms with Crippen LogP contribution < -0.4 is 5.73 Å². The van der Waals surface area contributed by atoms with Gasteiger partial charge in [-0.15, -0.1) is 0 Å². The number of carbonyl (C=O) groups is 1. The molecule has 3 aromatic rings. The van der Waals surface area contributed by atoms with Crippen LogP contribution in [0.5, 0.6) is 0 Å². The molecule has 0 radical (unpaired) electrons. The first kappa shape index (κ1) is 17.3. The summed E-state index contributed by atoms with van der Waals surface area (Å²) < 4.78 is 39.1. The lowest BCUT2D eigenvalue weighted by Crippen LogP contribution is -2.10. The molecule has 0 bridgehead atoms. The maximum Gasteiger partial charge on any atom is 0.416 e. The van der Waals surface area contributed by atoms with E-state index >= 15 is 0 Å². The quantitative estimate of drug-likeness (QED) is 0.669. The van der Waals surface area contributed by atoms with Crippen molar-refractivity contribution in [1.82, 2.24) is 0 Å². The Balaban J connectivity index is 1.76. The van der Waals surface area contributed by atoms with E-state index in [1.165, 1.54) is 12.1 Å². The Morgan fingerprint density at radius 1 is 0.926 bits per heavy atom. The Morgan fingerprint density at radius 3 is 2.41 bits per heavy atom. The van der Waals surface area contributed by atoms with Gasteiger partial charge in [-0.3, -0.25) is 4.79 Å². The summed E-state index contributed by atoms with van der Waals surface area (Å²) in [4.78, 5) is 13.1. The molecule has 0 saturated heterocycles. The first-order valence-corrected chi connectivity index (χ1v) is 8.54. The Bertz CT molecular complexity index is 1080. The fourth-order valence-corrected chi connectivity index (χ4v) is 3.73. The summed E-state index contributed by atoms with van der Waals surface area (Å²) in [6.07, 6.45) is -4.17.